The van der Waals surface area contributed by atoms with Gasteiger partial charge in [0.1, 0.15) is 11.3 Å². The molecular formula is C15H18Cl2N2. The number of alkyl halides is 1. The van der Waals surface area contributed by atoms with Gasteiger partial charge in [-0.3, -0.25) is 0 Å². The van der Waals surface area contributed by atoms with Crippen LogP contribution in [0, 0.1) is 11.8 Å². The molecule has 1 aromatic carbocycles. The zero-order valence-corrected chi connectivity index (χ0v) is 12.7. The Morgan fingerprint density at radius 3 is 2.74 bits per heavy atom. The van der Waals surface area contributed by atoms with E-state index >= 15 is 0 Å². The molecule has 1 fully saturated rings. The summed E-state index contributed by atoms with van der Waals surface area (Å²) < 4.78 is 2.25. The Hall–Kier alpha value is -0.730. The molecule has 0 spiro atoms. The van der Waals surface area contributed by atoms with Gasteiger partial charge >= 0.3 is 0 Å². The molecule has 0 N–H and O–H groups in total. The maximum absolute atomic E-state index is 6.28. The third-order valence-electron chi connectivity index (χ3n) is 4.01. The maximum atomic E-state index is 6.28. The number of imidazole rings is 1. The molecule has 1 heterocycles. The number of hydrogen-bond acceptors (Lipinski definition) is 1. The highest BCUT2D eigenvalue weighted by molar-refractivity contribution is 6.35. The van der Waals surface area contributed by atoms with Crippen molar-refractivity contribution in [3.05, 3.63) is 29.0 Å². The van der Waals surface area contributed by atoms with Gasteiger partial charge in [0.2, 0.25) is 0 Å². The lowest BCUT2D eigenvalue weighted by atomic mass is 10.1. The predicted molar refractivity (Wildman–Crippen MR) is 80.9 cm³/mol. The van der Waals surface area contributed by atoms with E-state index in [1.807, 2.05) is 19.1 Å². The van der Waals surface area contributed by atoms with Crippen molar-refractivity contribution >= 4 is 34.2 Å². The Bertz CT molecular complexity index is 599. The smallest absolute Gasteiger partial charge is 0.127 e. The van der Waals surface area contributed by atoms with E-state index in [9.17, 15) is 0 Å². The van der Waals surface area contributed by atoms with Crippen molar-refractivity contribution in [1.29, 1.82) is 0 Å². The molecule has 1 aromatic heterocycles. The standard InChI is InChI=1S/C15H18Cl2N2/c1-9(11-6-7-11)8-19-13-5-3-4-12(17)14(13)18-15(19)10(2)16/h3-5,9-11H,6-8H2,1-2H3. The summed E-state index contributed by atoms with van der Waals surface area (Å²) in [4.78, 5) is 4.64. The van der Waals surface area contributed by atoms with Gasteiger partial charge in [-0.15, -0.1) is 11.6 Å². The fraction of sp³-hybridized carbons (Fsp3) is 0.533. The normalized spacial score (nSPS) is 18.7. The van der Waals surface area contributed by atoms with E-state index in [0.717, 1.165) is 29.3 Å². The number of benzene rings is 1. The van der Waals surface area contributed by atoms with Gasteiger partial charge in [-0.25, -0.2) is 4.98 Å². The number of halogens is 2. The van der Waals surface area contributed by atoms with E-state index < -0.39 is 0 Å². The summed E-state index contributed by atoms with van der Waals surface area (Å²) in [6.45, 7) is 5.26. The molecule has 2 unspecified atom stereocenters. The SMILES string of the molecule is CC(Cl)c1nc2c(Cl)cccc2n1CC(C)C1CC1. The molecule has 1 aliphatic carbocycles. The average molecular weight is 297 g/mol. The van der Waals surface area contributed by atoms with Crippen LogP contribution in [0.5, 0.6) is 0 Å². The second-order valence-electron chi connectivity index (χ2n) is 5.62. The maximum Gasteiger partial charge on any atom is 0.127 e. The van der Waals surface area contributed by atoms with Gasteiger partial charge in [0, 0.05) is 6.54 Å². The van der Waals surface area contributed by atoms with Gasteiger partial charge in [-0.2, -0.15) is 0 Å². The zero-order valence-electron chi connectivity index (χ0n) is 11.2. The number of nitrogens with zero attached hydrogens (tertiary/aromatic N) is 2. The monoisotopic (exact) mass is 296 g/mol. The highest BCUT2D eigenvalue weighted by Gasteiger charge is 2.29. The first-order chi connectivity index (χ1) is 9.08. The highest BCUT2D eigenvalue weighted by atomic mass is 35.5. The van der Waals surface area contributed by atoms with E-state index in [2.05, 4.69) is 22.5 Å². The van der Waals surface area contributed by atoms with Crippen molar-refractivity contribution in [2.24, 2.45) is 11.8 Å². The topological polar surface area (TPSA) is 17.8 Å². The van der Waals surface area contributed by atoms with E-state index in [-0.39, 0.29) is 5.38 Å². The van der Waals surface area contributed by atoms with Crippen molar-refractivity contribution in [1.82, 2.24) is 9.55 Å². The summed E-state index contributed by atoms with van der Waals surface area (Å²) in [6.07, 6.45) is 2.72. The molecule has 4 heteroatoms. The lowest BCUT2D eigenvalue weighted by Gasteiger charge is -2.15. The van der Waals surface area contributed by atoms with Crippen LogP contribution in [0.25, 0.3) is 11.0 Å². The third-order valence-corrected chi connectivity index (χ3v) is 4.51. The molecule has 102 valence electrons. The van der Waals surface area contributed by atoms with Crippen LogP contribution < -0.4 is 0 Å². The van der Waals surface area contributed by atoms with Crippen LogP contribution in [-0.4, -0.2) is 9.55 Å². The molecular weight excluding hydrogens is 279 g/mol. The van der Waals surface area contributed by atoms with Gasteiger partial charge < -0.3 is 4.57 Å². The van der Waals surface area contributed by atoms with Crippen LogP contribution in [0.4, 0.5) is 0 Å². The Kier molecular flexibility index (Phi) is 3.48. The number of aromatic nitrogens is 2. The minimum Gasteiger partial charge on any atom is -0.326 e. The summed E-state index contributed by atoms with van der Waals surface area (Å²) in [5.74, 6) is 2.47. The van der Waals surface area contributed by atoms with Crippen LogP contribution >= 0.6 is 23.2 Å². The van der Waals surface area contributed by atoms with Crippen molar-refractivity contribution in [3.63, 3.8) is 0 Å². The van der Waals surface area contributed by atoms with Crippen LogP contribution in [0.1, 0.15) is 37.9 Å². The van der Waals surface area contributed by atoms with Gasteiger partial charge in [-0.05, 0) is 43.7 Å². The first-order valence-electron chi connectivity index (χ1n) is 6.86. The molecule has 0 bridgehead atoms. The molecule has 0 aliphatic heterocycles. The third kappa shape index (κ3) is 2.48. The molecule has 2 atom stereocenters. The predicted octanol–water partition coefficient (Wildman–Crippen LogP) is 5.04. The molecule has 0 saturated heterocycles. The fourth-order valence-electron chi connectivity index (χ4n) is 2.73. The van der Waals surface area contributed by atoms with Gasteiger partial charge in [0.05, 0.1) is 15.9 Å². The van der Waals surface area contributed by atoms with Gasteiger partial charge in [0.25, 0.3) is 0 Å². The largest absolute Gasteiger partial charge is 0.326 e. The Morgan fingerprint density at radius 1 is 1.37 bits per heavy atom. The number of para-hydroxylation sites is 1. The van der Waals surface area contributed by atoms with E-state index in [1.165, 1.54) is 12.8 Å². The van der Waals surface area contributed by atoms with E-state index in [4.69, 9.17) is 23.2 Å². The Labute approximate surface area is 123 Å². The summed E-state index contributed by atoms with van der Waals surface area (Å²) in [7, 11) is 0. The van der Waals surface area contributed by atoms with Crippen LogP contribution in [0.15, 0.2) is 18.2 Å². The lowest BCUT2D eigenvalue weighted by Crippen LogP contribution is -2.12. The molecule has 0 amide bonds. The summed E-state index contributed by atoms with van der Waals surface area (Å²) in [5, 5.41) is 0.601. The minimum absolute atomic E-state index is 0.102. The second-order valence-corrected chi connectivity index (χ2v) is 6.68. The van der Waals surface area contributed by atoms with Crippen molar-refractivity contribution in [3.8, 4) is 0 Å². The van der Waals surface area contributed by atoms with Crippen molar-refractivity contribution in [2.45, 2.75) is 38.6 Å². The van der Waals surface area contributed by atoms with Crippen LogP contribution in [0.2, 0.25) is 5.02 Å². The van der Waals surface area contributed by atoms with Gasteiger partial charge in [0.15, 0.2) is 0 Å². The molecule has 1 aliphatic rings. The Morgan fingerprint density at radius 2 is 2.11 bits per heavy atom. The summed E-state index contributed by atoms with van der Waals surface area (Å²) in [5.41, 5.74) is 1.97. The first kappa shape index (κ1) is 13.3. The molecule has 1 saturated carbocycles. The fourth-order valence-corrected chi connectivity index (χ4v) is 3.11. The molecule has 2 aromatic rings. The van der Waals surface area contributed by atoms with E-state index in [0.29, 0.717) is 10.9 Å². The van der Waals surface area contributed by atoms with Gasteiger partial charge in [-0.1, -0.05) is 24.6 Å². The number of fused-ring (bicyclic) bond motifs is 1. The van der Waals surface area contributed by atoms with Crippen molar-refractivity contribution < 1.29 is 0 Å². The second kappa shape index (κ2) is 4.99. The summed E-state index contributed by atoms with van der Waals surface area (Å²) >= 11 is 12.5. The molecule has 19 heavy (non-hydrogen) atoms. The lowest BCUT2D eigenvalue weighted by molar-refractivity contribution is 0.428. The quantitative estimate of drug-likeness (QED) is 0.723. The first-order valence-corrected chi connectivity index (χ1v) is 7.68. The average Bonchev–Trinajstić information content (AvgIpc) is 3.14. The minimum atomic E-state index is -0.102. The summed E-state index contributed by atoms with van der Waals surface area (Å²) in [6, 6.07) is 5.94. The zero-order chi connectivity index (χ0) is 13.6. The Balaban J connectivity index is 2.08. The van der Waals surface area contributed by atoms with Crippen LogP contribution in [-0.2, 0) is 6.54 Å². The molecule has 2 nitrogen and oxygen atoms in total. The van der Waals surface area contributed by atoms with E-state index in [1.54, 1.807) is 0 Å². The number of rotatable bonds is 4. The van der Waals surface area contributed by atoms with Crippen molar-refractivity contribution in [2.75, 3.05) is 0 Å². The molecule has 0 radical (unpaired) electrons. The molecule has 3 rings (SSSR count). The number of hydrogen-bond donors (Lipinski definition) is 0. The van der Waals surface area contributed by atoms with Crippen LogP contribution in [0.3, 0.4) is 0 Å². The highest BCUT2D eigenvalue weighted by Crippen LogP contribution is 2.38.